The predicted octanol–water partition coefficient (Wildman–Crippen LogP) is 3.80. The second kappa shape index (κ2) is 10.2. The maximum Gasteiger partial charge on any atom is 0.337 e. The van der Waals surface area contributed by atoms with Crippen LogP contribution in [0.1, 0.15) is 39.4 Å². The van der Waals surface area contributed by atoms with Crippen molar-refractivity contribution < 1.29 is 19.1 Å². The summed E-state index contributed by atoms with van der Waals surface area (Å²) in [5.74, 6) is -1.33. The molecule has 164 valence electrons. The van der Waals surface area contributed by atoms with Crippen molar-refractivity contribution in [1.82, 2.24) is 5.32 Å². The average molecular weight is 450 g/mol. The number of benzene rings is 2. The molecule has 32 heavy (non-hydrogen) atoms. The van der Waals surface area contributed by atoms with Gasteiger partial charge in [0, 0.05) is 18.0 Å². The fraction of sp³-hybridized carbons (Fsp3) is 0.250. The van der Waals surface area contributed by atoms with Gasteiger partial charge in [0.05, 0.1) is 35.1 Å². The van der Waals surface area contributed by atoms with Crippen molar-refractivity contribution in [3.8, 4) is 6.07 Å². The number of methoxy groups -OCH3 is 1. The molecule has 3 rings (SSSR count). The molecule has 2 N–H and O–H groups in total. The Kier molecular flexibility index (Phi) is 7.33. The fourth-order valence-corrected chi connectivity index (χ4v) is 4.39. The van der Waals surface area contributed by atoms with E-state index < -0.39 is 11.9 Å². The first-order chi connectivity index (χ1) is 15.3. The second-order valence-corrected chi connectivity index (χ2v) is 8.36. The topological polar surface area (TPSA) is 108 Å². The van der Waals surface area contributed by atoms with Crippen LogP contribution < -0.4 is 10.6 Å². The summed E-state index contributed by atoms with van der Waals surface area (Å²) in [6.07, 6.45) is 0.110. The first kappa shape index (κ1) is 23.1. The Labute approximate surface area is 190 Å². The number of thioether (sulfide) groups is 1. The number of allylic oxidation sites excluding steroid dienone is 1. The van der Waals surface area contributed by atoms with Crippen LogP contribution in [0, 0.1) is 25.2 Å². The Balaban J connectivity index is 1.78. The lowest BCUT2D eigenvalue weighted by molar-refractivity contribution is -0.121. The molecule has 7 nitrogen and oxygen atoms in total. The molecule has 0 fully saturated rings. The number of hydrogen-bond donors (Lipinski definition) is 2. The average Bonchev–Trinajstić information content (AvgIpc) is 2.79. The van der Waals surface area contributed by atoms with E-state index in [1.54, 1.807) is 24.3 Å². The first-order valence-electron chi connectivity index (χ1n) is 9.95. The van der Waals surface area contributed by atoms with Crippen molar-refractivity contribution in [3.63, 3.8) is 0 Å². The Bertz CT molecular complexity index is 1110. The normalized spacial score (nSPS) is 15.6. The van der Waals surface area contributed by atoms with Crippen molar-refractivity contribution in [1.29, 1.82) is 5.26 Å². The minimum Gasteiger partial charge on any atom is -0.465 e. The molecule has 0 saturated carbocycles. The molecule has 0 unspecified atom stereocenters. The van der Waals surface area contributed by atoms with Crippen LogP contribution in [-0.4, -0.2) is 30.6 Å². The number of anilines is 1. The molecule has 0 spiro atoms. The molecular weight excluding hydrogens is 426 g/mol. The van der Waals surface area contributed by atoms with Gasteiger partial charge in [-0.25, -0.2) is 4.79 Å². The van der Waals surface area contributed by atoms with Crippen molar-refractivity contribution in [2.75, 3.05) is 18.2 Å². The zero-order chi connectivity index (χ0) is 23.3. The largest absolute Gasteiger partial charge is 0.465 e. The van der Waals surface area contributed by atoms with Crippen LogP contribution in [0.25, 0.3) is 0 Å². The van der Waals surface area contributed by atoms with Gasteiger partial charge in [-0.05, 0) is 42.7 Å². The summed E-state index contributed by atoms with van der Waals surface area (Å²) < 4.78 is 4.70. The van der Waals surface area contributed by atoms with Crippen LogP contribution in [0.2, 0.25) is 0 Å². The summed E-state index contributed by atoms with van der Waals surface area (Å²) in [7, 11) is 1.30. The Morgan fingerprint density at radius 1 is 1.19 bits per heavy atom. The number of nitriles is 1. The lowest BCUT2D eigenvalue weighted by atomic mass is 9.87. The van der Waals surface area contributed by atoms with Gasteiger partial charge >= 0.3 is 5.97 Å². The van der Waals surface area contributed by atoms with E-state index in [4.69, 9.17) is 4.74 Å². The standard InChI is InChI=1S/C24H23N3O4S/c1-14-5-4-6-15(2)22(14)26-21(29)13-32-23-19(12-25)18(11-20(28)27-23)16-7-9-17(10-8-16)24(30)31-3/h4-10,18H,11,13H2,1-3H3,(H,26,29)(H,27,28)/t18-/m1/s1. The van der Waals surface area contributed by atoms with Gasteiger partial charge in [-0.2, -0.15) is 5.26 Å². The van der Waals surface area contributed by atoms with Gasteiger partial charge in [-0.1, -0.05) is 42.1 Å². The molecule has 0 bridgehead atoms. The van der Waals surface area contributed by atoms with Crippen LogP contribution in [0.5, 0.6) is 0 Å². The zero-order valence-electron chi connectivity index (χ0n) is 18.0. The van der Waals surface area contributed by atoms with Crippen LogP contribution in [0.15, 0.2) is 53.1 Å². The number of esters is 1. The van der Waals surface area contributed by atoms with Crippen molar-refractivity contribution in [2.24, 2.45) is 0 Å². The van der Waals surface area contributed by atoms with Crippen LogP contribution in [-0.2, 0) is 14.3 Å². The number of rotatable bonds is 6. The summed E-state index contributed by atoms with van der Waals surface area (Å²) in [6.45, 7) is 3.84. The molecule has 0 aromatic heterocycles. The van der Waals surface area contributed by atoms with E-state index in [2.05, 4.69) is 16.7 Å². The van der Waals surface area contributed by atoms with Crippen LogP contribution >= 0.6 is 11.8 Å². The minimum absolute atomic E-state index is 0.0442. The van der Waals surface area contributed by atoms with E-state index in [-0.39, 0.29) is 24.0 Å². The van der Waals surface area contributed by atoms with Crippen molar-refractivity contribution in [3.05, 3.63) is 75.3 Å². The Hall–Kier alpha value is -3.57. The summed E-state index contributed by atoms with van der Waals surface area (Å²) in [5, 5.41) is 15.8. The number of carbonyl (C=O) groups excluding carboxylic acids is 3. The number of carbonyl (C=O) groups is 3. The third kappa shape index (κ3) is 5.18. The minimum atomic E-state index is -0.458. The predicted molar refractivity (Wildman–Crippen MR) is 123 cm³/mol. The summed E-state index contributed by atoms with van der Waals surface area (Å²) in [4.78, 5) is 36.5. The lowest BCUT2D eigenvalue weighted by Gasteiger charge is -2.25. The molecular formula is C24H23N3O4S. The number of amides is 2. The maximum atomic E-state index is 12.5. The quantitative estimate of drug-likeness (QED) is 0.650. The van der Waals surface area contributed by atoms with Gasteiger partial charge in [0.2, 0.25) is 11.8 Å². The van der Waals surface area contributed by atoms with E-state index in [1.165, 1.54) is 7.11 Å². The van der Waals surface area contributed by atoms with E-state index in [0.29, 0.717) is 16.2 Å². The number of nitrogens with one attached hydrogen (secondary N) is 2. The van der Waals surface area contributed by atoms with Crippen molar-refractivity contribution >= 4 is 35.2 Å². The third-order valence-electron chi connectivity index (χ3n) is 5.18. The number of hydrogen-bond acceptors (Lipinski definition) is 6. The monoisotopic (exact) mass is 449 g/mol. The number of aryl methyl sites for hydroxylation is 2. The van der Waals surface area contributed by atoms with Crippen LogP contribution in [0.3, 0.4) is 0 Å². The molecule has 1 aliphatic rings. The van der Waals surface area contributed by atoms with Gasteiger partial charge in [-0.3, -0.25) is 9.59 Å². The second-order valence-electron chi connectivity index (χ2n) is 7.38. The highest BCUT2D eigenvalue weighted by molar-refractivity contribution is 8.03. The number of ether oxygens (including phenoxy) is 1. The smallest absolute Gasteiger partial charge is 0.337 e. The highest BCUT2D eigenvalue weighted by Crippen LogP contribution is 2.36. The molecule has 2 aromatic carbocycles. The fourth-order valence-electron chi connectivity index (χ4n) is 3.51. The number of nitrogens with zero attached hydrogens (tertiary/aromatic N) is 1. The number of para-hydroxylation sites is 1. The molecule has 1 heterocycles. The molecule has 1 aliphatic heterocycles. The molecule has 0 aliphatic carbocycles. The highest BCUT2D eigenvalue weighted by Gasteiger charge is 2.30. The molecule has 2 aromatic rings. The molecule has 8 heteroatoms. The Morgan fingerprint density at radius 2 is 1.84 bits per heavy atom. The van der Waals surface area contributed by atoms with E-state index in [1.807, 2.05) is 32.0 Å². The Morgan fingerprint density at radius 3 is 2.44 bits per heavy atom. The van der Waals surface area contributed by atoms with E-state index >= 15 is 0 Å². The van der Waals surface area contributed by atoms with Gasteiger partial charge in [-0.15, -0.1) is 0 Å². The van der Waals surface area contributed by atoms with Gasteiger partial charge in [0.1, 0.15) is 0 Å². The van der Waals surface area contributed by atoms with E-state index in [0.717, 1.165) is 34.1 Å². The molecule has 0 radical (unpaired) electrons. The highest BCUT2D eigenvalue weighted by atomic mass is 32.2. The first-order valence-corrected chi connectivity index (χ1v) is 10.9. The van der Waals surface area contributed by atoms with Gasteiger partial charge in [0.15, 0.2) is 0 Å². The van der Waals surface area contributed by atoms with E-state index in [9.17, 15) is 19.6 Å². The summed E-state index contributed by atoms with van der Waals surface area (Å²) >= 11 is 1.12. The summed E-state index contributed by atoms with van der Waals surface area (Å²) in [6, 6.07) is 14.6. The molecule has 0 saturated heterocycles. The zero-order valence-corrected chi connectivity index (χ0v) is 18.8. The molecule has 2 amide bonds. The van der Waals surface area contributed by atoms with Crippen LogP contribution in [0.4, 0.5) is 5.69 Å². The summed E-state index contributed by atoms with van der Waals surface area (Å²) in [5.41, 5.74) is 4.20. The molecule has 1 atom stereocenters. The lowest BCUT2D eigenvalue weighted by Crippen LogP contribution is -2.31. The van der Waals surface area contributed by atoms with Gasteiger partial charge in [0.25, 0.3) is 0 Å². The third-order valence-corrected chi connectivity index (χ3v) is 6.20. The maximum absolute atomic E-state index is 12.5. The van der Waals surface area contributed by atoms with Crippen molar-refractivity contribution in [2.45, 2.75) is 26.2 Å². The van der Waals surface area contributed by atoms with Gasteiger partial charge < -0.3 is 15.4 Å². The SMILES string of the molecule is COC(=O)c1ccc([C@H]2CC(=O)NC(SCC(=O)Nc3c(C)cccc3C)=C2C#N)cc1.